The van der Waals surface area contributed by atoms with E-state index in [9.17, 15) is 13.2 Å². The number of amides is 1. The molecule has 8 heteroatoms. The number of aromatic amines is 1. The molecule has 0 bridgehead atoms. The molecule has 1 aliphatic heterocycles. The third-order valence-electron chi connectivity index (χ3n) is 6.40. The van der Waals surface area contributed by atoms with Crippen molar-refractivity contribution in [3.05, 3.63) is 88.2 Å². The summed E-state index contributed by atoms with van der Waals surface area (Å²) < 4.78 is 29.4. The van der Waals surface area contributed by atoms with Gasteiger partial charge in [0.15, 0.2) is 0 Å². The van der Waals surface area contributed by atoms with Gasteiger partial charge >= 0.3 is 0 Å². The van der Waals surface area contributed by atoms with Crippen LogP contribution in [0.1, 0.15) is 34.9 Å². The van der Waals surface area contributed by atoms with Gasteiger partial charge in [0, 0.05) is 28.5 Å². The summed E-state index contributed by atoms with van der Waals surface area (Å²) in [5, 5.41) is 3.01. The molecule has 6 nitrogen and oxygen atoms in total. The fourth-order valence-electron chi connectivity index (χ4n) is 4.74. The Balaban J connectivity index is 1.49. The predicted molar refractivity (Wildman–Crippen MR) is 135 cm³/mol. The van der Waals surface area contributed by atoms with Crippen LogP contribution in [-0.4, -0.2) is 36.8 Å². The summed E-state index contributed by atoms with van der Waals surface area (Å²) in [6, 6.07) is 17.7. The van der Waals surface area contributed by atoms with Gasteiger partial charge < -0.3 is 9.88 Å². The van der Waals surface area contributed by atoms with E-state index in [0.29, 0.717) is 6.54 Å². The number of fused-ring (bicyclic) bond motifs is 1. The average molecular weight is 494 g/mol. The molecular weight excluding hydrogens is 466 g/mol. The van der Waals surface area contributed by atoms with Crippen LogP contribution in [0, 0.1) is 6.92 Å². The standard InChI is InChI=1S/C26H27N3O3S2/c1-18-7-4-8-20(15-18)34(31,32)28-23(16-19-17-27-22-10-3-2-9-21(19)22)26(30)29-13-5-11-24(29)25-12-6-14-33-25/h2-4,6-10,12,14-15,17,23-24,27-28H,5,11,13,16H2,1H3. The number of carbonyl (C=O) groups is 1. The summed E-state index contributed by atoms with van der Waals surface area (Å²) in [6.45, 7) is 2.47. The molecule has 0 spiro atoms. The number of rotatable bonds is 7. The monoisotopic (exact) mass is 493 g/mol. The van der Waals surface area contributed by atoms with Crippen LogP contribution in [-0.2, 0) is 21.2 Å². The summed E-state index contributed by atoms with van der Waals surface area (Å²) >= 11 is 1.63. The van der Waals surface area contributed by atoms with E-state index in [1.807, 2.05) is 65.9 Å². The first-order valence-electron chi connectivity index (χ1n) is 11.4. The predicted octanol–water partition coefficient (Wildman–Crippen LogP) is 4.79. The Hall–Kier alpha value is -2.94. The van der Waals surface area contributed by atoms with E-state index in [1.54, 1.807) is 29.5 Å². The Morgan fingerprint density at radius 3 is 2.82 bits per heavy atom. The second-order valence-corrected chi connectivity index (χ2v) is 11.5. The zero-order chi connectivity index (χ0) is 23.7. The summed E-state index contributed by atoms with van der Waals surface area (Å²) in [5.74, 6) is -0.183. The van der Waals surface area contributed by atoms with Crippen molar-refractivity contribution in [2.24, 2.45) is 0 Å². The first-order valence-corrected chi connectivity index (χ1v) is 13.8. The van der Waals surface area contributed by atoms with Crippen molar-refractivity contribution >= 4 is 38.2 Å². The van der Waals surface area contributed by atoms with Crippen LogP contribution in [0.4, 0.5) is 0 Å². The topological polar surface area (TPSA) is 82.3 Å². The Labute approximate surface area is 203 Å². The summed E-state index contributed by atoms with van der Waals surface area (Å²) in [6.07, 6.45) is 3.92. The number of H-pyrrole nitrogens is 1. The second kappa shape index (κ2) is 9.37. The highest BCUT2D eigenvalue weighted by Crippen LogP contribution is 2.35. The number of carbonyl (C=O) groups excluding carboxylic acids is 1. The largest absolute Gasteiger partial charge is 0.361 e. The lowest BCUT2D eigenvalue weighted by Crippen LogP contribution is -2.49. The second-order valence-electron chi connectivity index (χ2n) is 8.76. The summed E-state index contributed by atoms with van der Waals surface area (Å²) in [5.41, 5.74) is 2.72. The number of nitrogens with one attached hydrogen (secondary N) is 2. The molecule has 2 aromatic heterocycles. The van der Waals surface area contributed by atoms with Gasteiger partial charge in [-0.25, -0.2) is 8.42 Å². The Kier molecular flexibility index (Phi) is 6.29. The minimum absolute atomic E-state index is 0.0126. The van der Waals surface area contributed by atoms with Gasteiger partial charge in [0.05, 0.1) is 10.9 Å². The molecule has 3 heterocycles. The molecule has 0 aliphatic carbocycles. The normalized spacial score (nSPS) is 17.3. The van der Waals surface area contributed by atoms with Crippen molar-refractivity contribution in [3.63, 3.8) is 0 Å². The van der Waals surface area contributed by atoms with Gasteiger partial charge in [-0.1, -0.05) is 36.4 Å². The van der Waals surface area contributed by atoms with Crippen LogP contribution in [0.3, 0.4) is 0 Å². The molecule has 1 aliphatic rings. The van der Waals surface area contributed by atoms with Crippen LogP contribution in [0.5, 0.6) is 0 Å². The van der Waals surface area contributed by atoms with Gasteiger partial charge in [0.2, 0.25) is 15.9 Å². The van der Waals surface area contributed by atoms with Crippen LogP contribution < -0.4 is 4.72 Å². The van der Waals surface area contributed by atoms with E-state index in [1.165, 1.54) is 0 Å². The molecule has 5 rings (SSSR count). The average Bonchev–Trinajstić information content (AvgIpc) is 3.59. The zero-order valence-corrected chi connectivity index (χ0v) is 20.5. The number of thiophene rings is 1. The van der Waals surface area contributed by atoms with Crippen LogP contribution >= 0.6 is 11.3 Å². The van der Waals surface area contributed by atoms with E-state index < -0.39 is 16.1 Å². The van der Waals surface area contributed by atoms with Gasteiger partial charge in [-0.05, 0) is 67.0 Å². The molecule has 176 valence electrons. The van der Waals surface area contributed by atoms with E-state index in [0.717, 1.165) is 39.7 Å². The fourth-order valence-corrected chi connectivity index (χ4v) is 6.91. The highest BCUT2D eigenvalue weighted by molar-refractivity contribution is 7.89. The minimum Gasteiger partial charge on any atom is -0.361 e. The SMILES string of the molecule is Cc1cccc(S(=O)(=O)NC(Cc2c[nH]c3ccccc23)C(=O)N2CCCC2c2cccs2)c1. The molecule has 2 aromatic carbocycles. The number of hydrogen-bond acceptors (Lipinski definition) is 4. The number of sulfonamides is 1. The molecular formula is C26H27N3O3S2. The lowest BCUT2D eigenvalue weighted by atomic mass is 10.0. The number of hydrogen-bond donors (Lipinski definition) is 2. The van der Waals surface area contributed by atoms with Crippen LogP contribution in [0.15, 0.2) is 77.1 Å². The first kappa shape index (κ1) is 22.8. The van der Waals surface area contributed by atoms with E-state index in [4.69, 9.17) is 0 Å². The molecule has 2 atom stereocenters. The highest BCUT2D eigenvalue weighted by Gasteiger charge is 2.36. The number of para-hydroxylation sites is 1. The highest BCUT2D eigenvalue weighted by atomic mass is 32.2. The number of likely N-dealkylation sites (tertiary alicyclic amines) is 1. The number of nitrogens with zero attached hydrogens (tertiary/aromatic N) is 1. The maximum Gasteiger partial charge on any atom is 0.241 e. The summed E-state index contributed by atoms with van der Waals surface area (Å²) in [7, 11) is -3.89. The maximum absolute atomic E-state index is 13.9. The van der Waals surface area contributed by atoms with Gasteiger partial charge in [0.1, 0.15) is 6.04 Å². The molecule has 4 aromatic rings. The van der Waals surface area contributed by atoms with Gasteiger partial charge in [-0.3, -0.25) is 4.79 Å². The smallest absolute Gasteiger partial charge is 0.241 e. The van der Waals surface area contributed by atoms with Gasteiger partial charge in [-0.2, -0.15) is 4.72 Å². The number of aryl methyl sites for hydroxylation is 1. The van der Waals surface area contributed by atoms with E-state index in [-0.39, 0.29) is 23.3 Å². The Morgan fingerprint density at radius 2 is 2.03 bits per heavy atom. The van der Waals surface area contributed by atoms with Gasteiger partial charge in [-0.15, -0.1) is 11.3 Å². The third-order valence-corrected chi connectivity index (χ3v) is 8.84. The quantitative estimate of drug-likeness (QED) is 0.388. The molecule has 0 saturated carbocycles. The zero-order valence-electron chi connectivity index (χ0n) is 18.9. The lowest BCUT2D eigenvalue weighted by molar-refractivity contribution is -0.133. The first-order chi connectivity index (χ1) is 16.4. The maximum atomic E-state index is 13.9. The van der Waals surface area contributed by atoms with E-state index in [2.05, 4.69) is 9.71 Å². The molecule has 34 heavy (non-hydrogen) atoms. The number of benzene rings is 2. The molecule has 1 fully saturated rings. The van der Waals surface area contributed by atoms with Crippen molar-refractivity contribution in [1.82, 2.24) is 14.6 Å². The molecule has 0 radical (unpaired) electrons. The fraction of sp³-hybridized carbons (Fsp3) is 0.269. The van der Waals surface area contributed by atoms with E-state index >= 15 is 0 Å². The minimum atomic E-state index is -3.89. The summed E-state index contributed by atoms with van der Waals surface area (Å²) in [4.78, 5) is 20.3. The lowest BCUT2D eigenvalue weighted by Gasteiger charge is -2.29. The Morgan fingerprint density at radius 1 is 1.18 bits per heavy atom. The molecule has 1 saturated heterocycles. The Bertz CT molecular complexity index is 1410. The molecule has 2 N–H and O–H groups in total. The van der Waals surface area contributed by atoms with Crippen molar-refractivity contribution < 1.29 is 13.2 Å². The molecule has 2 unspecified atom stereocenters. The van der Waals surface area contributed by atoms with Crippen molar-refractivity contribution in [3.8, 4) is 0 Å². The number of aromatic nitrogens is 1. The van der Waals surface area contributed by atoms with Crippen LogP contribution in [0.2, 0.25) is 0 Å². The van der Waals surface area contributed by atoms with Crippen molar-refractivity contribution in [2.75, 3.05) is 6.54 Å². The third kappa shape index (κ3) is 4.53. The van der Waals surface area contributed by atoms with Gasteiger partial charge in [0.25, 0.3) is 0 Å². The van der Waals surface area contributed by atoms with Crippen LogP contribution in [0.25, 0.3) is 10.9 Å². The van der Waals surface area contributed by atoms with Crippen molar-refractivity contribution in [2.45, 2.75) is 43.2 Å². The van der Waals surface area contributed by atoms with Crippen molar-refractivity contribution in [1.29, 1.82) is 0 Å². The molecule has 1 amide bonds.